The highest BCUT2D eigenvalue weighted by atomic mass is 32.2. The van der Waals surface area contributed by atoms with Crippen molar-refractivity contribution < 1.29 is 4.79 Å². The first-order chi connectivity index (χ1) is 8.31. The Bertz CT molecular complexity index is 490. The number of aromatic nitrogens is 1. The van der Waals surface area contributed by atoms with E-state index >= 15 is 0 Å². The molecule has 0 spiro atoms. The van der Waals surface area contributed by atoms with Gasteiger partial charge < -0.3 is 0 Å². The number of carbonyl (C=O) groups excluding carboxylic acids is 1. The second kappa shape index (κ2) is 5.98. The van der Waals surface area contributed by atoms with Crippen molar-refractivity contribution in [3.8, 4) is 0 Å². The fraction of sp³-hybridized carbons (Fsp3) is 0.231. The quantitative estimate of drug-likeness (QED) is 0.607. The standard InChI is InChI=1S/C13H13NOS2/c1-2-13-14-11(9-17-13)8-16-12-5-3-10(7-15)4-6-12/h3-7,9H,2,8H2,1H3. The zero-order valence-electron chi connectivity index (χ0n) is 9.55. The Morgan fingerprint density at radius 2 is 2.12 bits per heavy atom. The van der Waals surface area contributed by atoms with Gasteiger partial charge in [0.15, 0.2) is 0 Å². The molecule has 0 saturated heterocycles. The second-order valence-corrected chi connectivity index (χ2v) is 5.55. The highest BCUT2D eigenvalue weighted by molar-refractivity contribution is 7.98. The first-order valence-electron chi connectivity index (χ1n) is 5.43. The van der Waals surface area contributed by atoms with Gasteiger partial charge in [0.1, 0.15) is 6.29 Å². The molecule has 1 aromatic carbocycles. The van der Waals surface area contributed by atoms with Crippen molar-refractivity contribution in [3.63, 3.8) is 0 Å². The lowest BCUT2D eigenvalue weighted by Crippen LogP contribution is -1.83. The molecule has 2 aromatic rings. The molecule has 0 aliphatic rings. The van der Waals surface area contributed by atoms with E-state index < -0.39 is 0 Å². The summed E-state index contributed by atoms with van der Waals surface area (Å²) in [7, 11) is 0. The van der Waals surface area contributed by atoms with Gasteiger partial charge in [0.2, 0.25) is 0 Å². The second-order valence-electron chi connectivity index (χ2n) is 3.56. The molecule has 88 valence electrons. The van der Waals surface area contributed by atoms with Crippen LogP contribution in [0.2, 0.25) is 0 Å². The van der Waals surface area contributed by atoms with E-state index in [-0.39, 0.29) is 0 Å². The lowest BCUT2D eigenvalue weighted by atomic mass is 10.2. The van der Waals surface area contributed by atoms with Gasteiger partial charge in [0, 0.05) is 21.6 Å². The molecule has 0 aliphatic heterocycles. The number of nitrogens with zero attached hydrogens (tertiary/aromatic N) is 1. The third kappa shape index (κ3) is 3.41. The summed E-state index contributed by atoms with van der Waals surface area (Å²) in [6.07, 6.45) is 1.87. The van der Waals surface area contributed by atoms with Crippen molar-refractivity contribution in [2.24, 2.45) is 0 Å². The Labute approximate surface area is 109 Å². The van der Waals surface area contributed by atoms with Crippen molar-refractivity contribution in [3.05, 3.63) is 45.9 Å². The van der Waals surface area contributed by atoms with Crippen molar-refractivity contribution in [1.82, 2.24) is 4.98 Å². The maximum atomic E-state index is 10.5. The minimum Gasteiger partial charge on any atom is -0.298 e. The first kappa shape index (κ1) is 12.3. The zero-order valence-corrected chi connectivity index (χ0v) is 11.2. The van der Waals surface area contributed by atoms with Crippen LogP contribution in [0, 0.1) is 0 Å². The van der Waals surface area contributed by atoms with Gasteiger partial charge in [0.05, 0.1) is 10.7 Å². The zero-order chi connectivity index (χ0) is 12.1. The van der Waals surface area contributed by atoms with Crippen molar-refractivity contribution >= 4 is 29.4 Å². The number of benzene rings is 1. The summed E-state index contributed by atoms with van der Waals surface area (Å²) in [4.78, 5) is 16.2. The Kier molecular flexibility index (Phi) is 4.34. The molecule has 2 rings (SSSR count). The van der Waals surface area contributed by atoms with E-state index in [1.807, 2.05) is 24.3 Å². The minimum atomic E-state index is 0.719. The van der Waals surface area contributed by atoms with Crippen LogP contribution in [-0.4, -0.2) is 11.3 Å². The van der Waals surface area contributed by atoms with Crippen LogP contribution in [0.1, 0.15) is 28.0 Å². The molecule has 0 bridgehead atoms. The largest absolute Gasteiger partial charge is 0.298 e. The molecule has 0 radical (unpaired) electrons. The summed E-state index contributed by atoms with van der Waals surface area (Å²) in [5.41, 5.74) is 1.85. The third-order valence-corrected chi connectivity index (χ3v) is 4.39. The van der Waals surface area contributed by atoms with Crippen LogP contribution in [0.5, 0.6) is 0 Å². The van der Waals surface area contributed by atoms with Gasteiger partial charge in [-0.05, 0) is 18.6 Å². The van der Waals surface area contributed by atoms with Crippen molar-refractivity contribution in [2.75, 3.05) is 0 Å². The maximum Gasteiger partial charge on any atom is 0.150 e. The third-order valence-electron chi connectivity index (χ3n) is 2.30. The number of thiazole rings is 1. The van der Waals surface area contributed by atoms with Gasteiger partial charge in [-0.3, -0.25) is 4.79 Å². The average molecular weight is 263 g/mol. The van der Waals surface area contributed by atoms with Gasteiger partial charge in [-0.1, -0.05) is 19.1 Å². The fourth-order valence-corrected chi connectivity index (χ4v) is 3.02. The van der Waals surface area contributed by atoms with Crippen LogP contribution < -0.4 is 0 Å². The molecule has 1 aromatic heterocycles. The molecule has 0 atom stereocenters. The SMILES string of the molecule is CCc1nc(CSc2ccc(C=O)cc2)cs1. The summed E-state index contributed by atoms with van der Waals surface area (Å²) >= 11 is 3.46. The van der Waals surface area contributed by atoms with Gasteiger partial charge in [-0.2, -0.15) is 0 Å². The Balaban J connectivity index is 1.94. The smallest absolute Gasteiger partial charge is 0.150 e. The number of aryl methyl sites for hydroxylation is 1. The van der Waals surface area contributed by atoms with E-state index in [1.165, 1.54) is 9.90 Å². The van der Waals surface area contributed by atoms with Crippen LogP contribution in [-0.2, 0) is 12.2 Å². The van der Waals surface area contributed by atoms with Crippen LogP contribution in [0.3, 0.4) is 0 Å². The van der Waals surface area contributed by atoms with Gasteiger partial charge in [0.25, 0.3) is 0 Å². The van der Waals surface area contributed by atoms with E-state index in [9.17, 15) is 4.79 Å². The Morgan fingerprint density at radius 1 is 1.35 bits per heavy atom. The Hall–Kier alpha value is -1.13. The maximum absolute atomic E-state index is 10.5. The van der Waals surface area contributed by atoms with Crippen LogP contribution in [0.25, 0.3) is 0 Å². The number of thioether (sulfide) groups is 1. The van der Waals surface area contributed by atoms with E-state index in [4.69, 9.17) is 0 Å². The monoisotopic (exact) mass is 263 g/mol. The van der Waals surface area contributed by atoms with E-state index in [1.54, 1.807) is 23.1 Å². The number of rotatable bonds is 5. The molecule has 0 saturated carbocycles. The predicted octanol–water partition coefficient (Wildman–Crippen LogP) is 3.81. The number of hydrogen-bond acceptors (Lipinski definition) is 4. The fourth-order valence-electron chi connectivity index (χ4n) is 1.38. The molecular weight excluding hydrogens is 250 g/mol. The topological polar surface area (TPSA) is 30.0 Å². The normalized spacial score (nSPS) is 10.4. The molecule has 0 amide bonds. The average Bonchev–Trinajstić information content (AvgIpc) is 2.85. The van der Waals surface area contributed by atoms with Crippen LogP contribution >= 0.6 is 23.1 Å². The van der Waals surface area contributed by atoms with Gasteiger partial charge in [-0.25, -0.2) is 4.98 Å². The van der Waals surface area contributed by atoms with Crippen LogP contribution in [0.4, 0.5) is 0 Å². The minimum absolute atomic E-state index is 0.719. The van der Waals surface area contributed by atoms with Crippen molar-refractivity contribution in [2.45, 2.75) is 24.0 Å². The van der Waals surface area contributed by atoms with E-state index in [2.05, 4.69) is 17.3 Å². The highest BCUT2D eigenvalue weighted by Gasteiger charge is 2.01. The summed E-state index contributed by atoms with van der Waals surface area (Å²) in [5.74, 6) is 0.886. The Morgan fingerprint density at radius 3 is 2.71 bits per heavy atom. The number of aldehydes is 1. The molecule has 0 N–H and O–H groups in total. The van der Waals surface area contributed by atoms with E-state index in [0.29, 0.717) is 0 Å². The first-order valence-corrected chi connectivity index (χ1v) is 7.29. The van der Waals surface area contributed by atoms with Gasteiger partial charge >= 0.3 is 0 Å². The summed E-state index contributed by atoms with van der Waals surface area (Å²) in [6, 6.07) is 7.63. The molecule has 1 heterocycles. The highest BCUT2D eigenvalue weighted by Crippen LogP contribution is 2.23. The van der Waals surface area contributed by atoms with E-state index in [0.717, 1.165) is 29.7 Å². The molecule has 0 fully saturated rings. The molecule has 17 heavy (non-hydrogen) atoms. The summed E-state index contributed by atoms with van der Waals surface area (Å²) < 4.78 is 0. The number of hydrogen-bond donors (Lipinski definition) is 0. The van der Waals surface area contributed by atoms with Crippen molar-refractivity contribution in [1.29, 1.82) is 0 Å². The summed E-state index contributed by atoms with van der Waals surface area (Å²) in [5, 5.41) is 3.31. The predicted molar refractivity (Wildman–Crippen MR) is 72.9 cm³/mol. The molecule has 2 nitrogen and oxygen atoms in total. The lowest BCUT2D eigenvalue weighted by Gasteiger charge is -1.99. The van der Waals surface area contributed by atoms with Crippen LogP contribution in [0.15, 0.2) is 34.5 Å². The molecular formula is C13H13NOS2. The number of carbonyl (C=O) groups is 1. The molecule has 0 aliphatic carbocycles. The molecule has 4 heteroatoms. The lowest BCUT2D eigenvalue weighted by molar-refractivity contribution is 0.112. The van der Waals surface area contributed by atoms with Gasteiger partial charge in [-0.15, -0.1) is 23.1 Å². The molecule has 0 unspecified atom stereocenters. The summed E-state index contributed by atoms with van der Waals surface area (Å²) in [6.45, 7) is 2.12.